The maximum absolute atomic E-state index is 10.9. The maximum Gasteiger partial charge on any atom is 0.292 e. The second-order valence-electron chi connectivity index (χ2n) is 2.99. The van der Waals surface area contributed by atoms with Gasteiger partial charge < -0.3 is 5.73 Å². The van der Waals surface area contributed by atoms with Crippen LogP contribution in [-0.2, 0) is 0 Å². The van der Waals surface area contributed by atoms with Crippen LogP contribution >= 0.6 is 0 Å². The molecule has 0 bridgehead atoms. The van der Waals surface area contributed by atoms with Gasteiger partial charge in [0.15, 0.2) is 6.29 Å². The normalized spacial score (nSPS) is 9.67. The van der Waals surface area contributed by atoms with E-state index in [4.69, 9.17) is 5.73 Å². The average molecular weight is 208 g/mol. The molecule has 1 aromatic rings. The molecule has 0 heterocycles. The van der Waals surface area contributed by atoms with Crippen molar-refractivity contribution in [2.45, 2.75) is 6.92 Å². The Hall–Kier alpha value is -2.24. The van der Waals surface area contributed by atoms with Crippen LogP contribution < -0.4 is 5.73 Å². The summed E-state index contributed by atoms with van der Waals surface area (Å²) >= 11 is 0. The van der Waals surface area contributed by atoms with E-state index in [1.54, 1.807) is 6.92 Å². The number of rotatable bonds is 3. The predicted octanol–water partition coefficient (Wildman–Crippen LogP) is 0.815. The molecule has 6 nitrogen and oxygen atoms in total. The molecule has 1 amide bonds. The van der Waals surface area contributed by atoms with Crippen molar-refractivity contribution in [3.63, 3.8) is 0 Å². The lowest BCUT2D eigenvalue weighted by atomic mass is 10.0. The summed E-state index contributed by atoms with van der Waals surface area (Å²) < 4.78 is 0. The number of carbonyl (C=O) groups is 2. The van der Waals surface area contributed by atoms with Crippen molar-refractivity contribution in [3.8, 4) is 0 Å². The van der Waals surface area contributed by atoms with Gasteiger partial charge >= 0.3 is 0 Å². The smallest absolute Gasteiger partial charge is 0.292 e. The number of nitro groups is 1. The fraction of sp³-hybridized carbons (Fsp3) is 0.111. The molecule has 0 radical (unpaired) electrons. The average Bonchev–Trinajstić information content (AvgIpc) is 2.15. The molecule has 0 fully saturated rings. The largest absolute Gasteiger partial charge is 0.365 e. The second kappa shape index (κ2) is 3.87. The first-order valence-electron chi connectivity index (χ1n) is 4.01. The van der Waals surface area contributed by atoms with Gasteiger partial charge in [0, 0.05) is 0 Å². The molecular formula is C9H8N2O4. The third kappa shape index (κ3) is 1.98. The summed E-state index contributed by atoms with van der Waals surface area (Å²) in [5.74, 6) is -0.923. The Morgan fingerprint density at radius 2 is 2.13 bits per heavy atom. The molecule has 0 unspecified atom stereocenters. The number of amides is 1. The Bertz CT molecular complexity index is 454. The minimum atomic E-state index is -0.923. The van der Waals surface area contributed by atoms with Gasteiger partial charge in [0.2, 0.25) is 0 Å². The zero-order valence-electron chi connectivity index (χ0n) is 7.89. The summed E-state index contributed by atoms with van der Waals surface area (Å²) in [7, 11) is 0. The van der Waals surface area contributed by atoms with Crippen LogP contribution in [0.25, 0.3) is 0 Å². The van der Waals surface area contributed by atoms with E-state index in [0.717, 1.165) is 0 Å². The van der Waals surface area contributed by atoms with Gasteiger partial charge in [-0.3, -0.25) is 19.7 Å². The van der Waals surface area contributed by atoms with Crippen LogP contribution in [0.15, 0.2) is 12.1 Å². The third-order valence-corrected chi connectivity index (χ3v) is 1.86. The molecule has 0 aromatic heterocycles. The summed E-state index contributed by atoms with van der Waals surface area (Å²) in [4.78, 5) is 31.4. The maximum atomic E-state index is 10.9. The molecule has 2 N–H and O–H groups in total. The third-order valence-electron chi connectivity index (χ3n) is 1.86. The molecule has 0 aliphatic heterocycles. The number of hydrogen-bond donors (Lipinski definition) is 1. The van der Waals surface area contributed by atoms with Crippen LogP contribution in [0, 0.1) is 17.0 Å². The SMILES string of the molecule is Cc1cc(C=O)c([N+](=O)[O-])c(C(N)=O)c1. The van der Waals surface area contributed by atoms with Gasteiger partial charge in [-0.25, -0.2) is 0 Å². The molecule has 0 aliphatic rings. The number of nitrogens with two attached hydrogens (primary N) is 1. The van der Waals surface area contributed by atoms with E-state index >= 15 is 0 Å². The topological polar surface area (TPSA) is 103 Å². The molecule has 0 atom stereocenters. The van der Waals surface area contributed by atoms with Crippen molar-refractivity contribution in [3.05, 3.63) is 38.9 Å². The van der Waals surface area contributed by atoms with Crippen LogP contribution in [0.2, 0.25) is 0 Å². The highest BCUT2D eigenvalue weighted by molar-refractivity contribution is 6.00. The first kappa shape index (κ1) is 10.8. The van der Waals surface area contributed by atoms with Crippen molar-refractivity contribution in [1.29, 1.82) is 0 Å². The number of benzene rings is 1. The van der Waals surface area contributed by atoms with Crippen molar-refractivity contribution in [1.82, 2.24) is 0 Å². The number of hydrogen-bond acceptors (Lipinski definition) is 4. The van der Waals surface area contributed by atoms with E-state index in [2.05, 4.69) is 0 Å². The van der Waals surface area contributed by atoms with Gasteiger partial charge in [-0.15, -0.1) is 0 Å². The fourth-order valence-corrected chi connectivity index (χ4v) is 1.29. The van der Waals surface area contributed by atoms with E-state index in [0.29, 0.717) is 11.8 Å². The molecule has 0 saturated heterocycles. The summed E-state index contributed by atoms with van der Waals surface area (Å²) in [5, 5.41) is 10.7. The standard InChI is InChI=1S/C9H8N2O4/c1-5-2-6(4-12)8(11(14)15)7(3-5)9(10)13/h2-4H,1H3,(H2,10,13). The van der Waals surface area contributed by atoms with E-state index in [1.165, 1.54) is 12.1 Å². The van der Waals surface area contributed by atoms with Gasteiger partial charge in [0.05, 0.1) is 10.5 Å². The first-order chi connectivity index (χ1) is 6.97. The van der Waals surface area contributed by atoms with Crippen molar-refractivity contribution in [2.75, 3.05) is 0 Å². The minimum Gasteiger partial charge on any atom is -0.365 e. The number of primary amides is 1. The van der Waals surface area contributed by atoms with Crippen molar-refractivity contribution >= 4 is 17.9 Å². The van der Waals surface area contributed by atoms with Crippen LogP contribution in [0.3, 0.4) is 0 Å². The summed E-state index contributed by atoms with van der Waals surface area (Å²) in [6, 6.07) is 2.62. The fourth-order valence-electron chi connectivity index (χ4n) is 1.29. The predicted molar refractivity (Wildman–Crippen MR) is 51.7 cm³/mol. The van der Waals surface area contributed by atoms with Crippen LogP contribution in [0.1, 0.15) is 26.3 Å². The molecule has 15 heavy (non-hydrogen) atoms. The van der Waals surface area contributed by atoms with Gasteiger partial charge in [0.25, 0.3) is 11.6 Å². The van der Waals surface area contributed by atoms with E-state index in [-0.39, 0.29) is 11.1 Å². The molecule has 6 heteroatoms. The van der Waals surface area contributed by atoms with Crippen LogP contribution in [0.4, 0.5) is 5.69 Å². The number of nitro benzene ring substituents is 1. The van der Waals surface area contributed by atoms with E-state index < -0.39 is 16.5 Å². The zero-order valence-corrected chi connectivity index (χ0v) is 7.89. The Morgan fingerprint density at radius 1 is 1.53 bits per heavy atom. The molecule has 0 spiro atoms. The van der Waals surface area contributed by atoms with Gasteiger partial charge in [0.1, 0.15) is 5.56 Å². The Labute approximate surface area is 84.8 Å². The summed E-state index contributed by atoms with van der Waals surface area (Å²) in [5.41, 5.74) is 4.62. The van der Waals surface area contributed by atoms with Crippen LogP contribution in [0.5, 0.6) is 0 Å². The first-order valence-corrected chi connectivity index (χ1v) is 4.01. The second-order valence-corrected chi connectivity index (χ2v) is 2.99. The van der Waals surface area contributed by atoms with Gasteiger partial charge in [-0.2, -0.15) is 0 Å². The highest BCUT2D eigenvalue weighted by Crippen LogP contribution is 2.23. The van der Waals surface area contributed by atoms with Crippen LogP contribution in [-0.4, -0.2) is 17.1 Å². The Balaban J connectivity index is 3.61. The minimum absolute atomic E-state index is 0.145. The molecule has 1 aromatic carbocycles. The highest BCUT2D eigenvalue weighted by atomic mass is 16.6. The Kier molecular flexibility index (Phi) is 2.80. The Morgan fingerprint density at radius 3 is 2.53 bits per heavy atom. The van der Waals surface area contributed by atoms with Gasteiger partial charge in [-0.1, -0.05) is 0 Å². The highest BCUT2D eigenvalue weighted by Gasteiger charge is 2.23. The quantitative estimate of drug-likeness (QED) is 0.451. The van der Waals surface area contributed by atoms with E-state index in [1.807, 2.05) is 0 Å². The molecule has 1 rings (SSSR count). The summed E-state index contributed by atoms with van der Waals surface area (Å²) in [6.45, 7) is 1.61. The monoisotopic (exact) mass is 208 g/mol. The number of nitrogens with zero attached hydrogens (tertiary/aromatic N) is 1. The summed E-state index contributed by atoms with van der Waals surface area (Å²) in [6.07, 6.45) is 0.331. The number of aryl methyl sites for hydroxylation is 1. The zero-order chi connectivity index (χ0) is 11.6. The van der Waals surface area contributed by atoms with Crippen molar-refractivity contribution in [2.24, 2.45) is 5.73 Å². The van der Waals surface area contributed by atoms with Crippen molar-refractivity contribution < 1.29 is 14.5 Å². The lowest BCUT2D eigenvalue weighted by Gasteiger charge is -2.02. The molecule has 0 saturated carbocycles. The van der Waals surface area contributed by atoms with E-state index in [9.17, 15) is 19.7 Å². The number of carbonyl (C=O) groups excluding carboxylic acids is 2. The number of aldehydes is 1. The molecular weight excluding hydrogens is 200 g/mol. The molecule has 78 valence electrons. The lowest BCUT2D eigenvalue weighted by Crippen LogP contribution is -2.15. The lowest BCUT2D eigenvalue weighted by molar-refractivity contribution is -0.385. The molecule has 0 aliphatic carbocycles. The van der Waals surface area contributed by atoms with Gasteiger partial charge in [-0.05, 0) is 24.6 Å².